The number of allylic oxidation sites excluding steroid dienone is 2. The van der Waals surface area contributed by atoms with E-state index in [0.717, 1.165) is 51.4 Å². The number of rotatable bonds is 1. The third-order valence-electron chi connectivity index (χ3n) is 12.7. The molecule has 0 aromatic heterocycles. The van der Waals surface area contributed by atoms with Gasteiger partial charge in [0.2, 0.25) is 0 Å². The lowest BCUT2D eigenvalue weighted by molar-refractivity contribution is -0.190. The van der Waals surface area contributed by atoms with Gasteiger partial charge in [0.15, 0.2) is 0 Å². The maximum Gasteiger partial charge on any atom is 0.312 e. The zero-order chi connectivity index (χ0) is 24.9. The van der Waals surface area contributed by atoms with Crippen LogP contribution in [0.1, 0.15) is 113 Å². The Hall–Kier alpha value is -1.12. The first-order chi connectivity index (χ1) is 15.7. The normalized spacial score (nSPS) is 49.0. The second-order valence-electron chi connectivity index (χ2n) is 15.2. The number of Topliss-reactive ketones (excluding diaryl/α,β-unsaturated/α-hetero) is 1. The van der Waals surface area contributed by atoms with Crippen molar-refractivity contribution in [2.75, 3.05) is 7.11 Å². The summed E-state index contributed by atoms with van der Waals surface area (Å²) in [5.74, 6) is 1.92. The van der Waals surface area contributed by atoms with E-state index in [2.05, 4.69) is 54.5 Å². The lowest BCUT2D eigenvalue weighted by atomic mass is 9.33. The van der Waals surface area contributed by atoms with Crippen LogP contribution in [0.15, 0.2) is 11.6 Å². The Labute approximate surface area is 207 Å². The van der Waals surface area contributed by atoms with Crippen LogP contribution in [0.2, 0.25) is 0 Å². The van der Waals surface area contributed by atoms with Gasteiger partial charge in [0.05, 0.1) is 12.5 Å². The maximum atomic E-state index is 13.3. The number of hydrogen-bond acceptors (Lipinski definition) is 3. The summed E-state index contributed by atoms with van der Waals surface area (Å²) in [4.78, 5) is 26.4. The van der Waals surface area contributed by atoms with Crippen LogP contribution in [0.4, 0.5) is 0 Å². The quantitative estimate of drug-likeness (QED) is 0.295. The topological polar surface area (TPSA) is 43.4 Å². The zero-order valence-corrected chi connectivity index (χ0v) is 23.1. The molecule has 0 aromatic rings. The molecule has 3 nitrogen and oxygen atoms in total. The Kier molecular flexibility index (Phi) is 5.22. The third-order valence-corrected chi connectivity index (χ3v) is 12.7. The van der Waals surface area contributed by atoms with Crippen LogP contribution in [-0.4, -0.2) is 18.9 Å². The van der Waals surface area contributed by atoms with Gasteiger partial charge in [0.1, 0.15) is 5.78 Å². The molecule has 0 spiro atoms. The molecule has 5 rings (SSSR count). The summed E-state index contributed by atoms with van der Waals surface area (Å²) in [7, 11) is 1.58. The zero-order valence-electron chi connectivity index (χ0n) is 23.1. The van der Waals surface area contributed by atoms with Crippen molar-refractivity contribution < 1.29 is 14.3 Å². The SMILES string of the molecule is COC(=O)[C@]12CCC(C)(C)C[C@H]1C1=CC[C@@H]3[C@@]4(C)CC(=O)CC(C)(C)[C@@H]4CC[C@@]3(C)[C@]1(C)CC2. The van der Waals surface area contributed by atoms with Crippen molar-refractivity contribution in [3.63, 3.8) is 0 Å². The molecule has 0 unspecified atom stereocenters. The van der Waals surface area contributed by atoms with Crippen molar-refractivity contribution >= 4 is 11.8 Å². The van der Waals surface area contributed by atoms with Gasteiger partial charge in [-0.25, -0.2) is 0 Å². The molecule has 5 aliphatic rings. The second kappa shape index (κ2) is 7.22. The van der Waals surface area contributed by atoms with Crippen LogP contribution in [0.25, 0.3) is 0 Å². The fourth-order valence-corrected chi connectivity index (χ4v) is 10.8. The van der Waals surface area contributed by atoms with Crippen molar-refractivity contribution in [3.8, 4) is 0 Å². The summed E-state index contributed by atoms with van der Waals surface area (Å²) in [5, 5.41) is 0. The van der Waals surface area contributed by atoms with Gasteiger partial charge < -0.3 is 4.74 Å². The Morgan fingerprint density at radius 1 is 0.912 bits per heavy atom. The van der Waals surface area contributed by atoms with Crippen molar-refractivity contribution in [3.05, 3.63) is 11.6 Å². The Morgan fingerprint density at radius 3 is 2.26 bits per heavy atom. The number of esters is 1. The molecule has 0 N–H and O–H groups in total. The highest BCUT2D eigenvalue weighted by atomic mass is 16.5. The van der Waals surface area contributed by atoms with E-state index >= 15 is 0 Å². The Bertz CT molecular complexity index is 942. The molecule has 4 fully saturated rings. The molecule has 190 valence electrons. The van der Waals surface area contributed by atoms with Gasteiger partial charge in [-0.1, -0.05) is 60.1 Å². The number of carbonyl (C=O) groups is 2. The summed E-state index contributed by atoms with van der Waals surface area (Å²) >= 11 is 0. The number of hydrogen-bond donors (Lipinski definition) is 0. The highest BCUT2D eigenvalue weighted by Gasteiger charge is 2.69. The molecule has 0 saturated heterocycles. The molecule has 7 atom stereocenters. The molecule has 5 aliphatic carbocycles. The highest BCUT2D eigenvalue weighted by molar-refractivity contribution is 5.81. The van der Waals surface area contributed by atoms with Gasteiger partial charge in [0, 0.05) is 12.8 Å². The first-order valence-corrected chi connectivity index (χ1v) is 14.0. The van der Waals surface area contributed by atoms with E-state index in [1.807, 2.05) is 0 Å². The van der Waals surface area contributed by atoms with E-state index in [4.69, 9.17) is 4.74 Å². The van der Waals surface area contributed by atoms with Gasteiger partial charge in [-0.2, -0.15) is 0 Å². The van der Waals surface area contributed by atoms with Crippen molar-refractivity contribution in [1.82, 2.24) is 0 Å². The van der Waals surface area contributed by atoms with E-state index in [1.165, 1.54) is 12.8 Å². The molecule has 0 aromatic carbocycles. The van der Waals surface area contributed by atoms with Crippen LogP contribution in [-0.2, 0) is 14.3 Å². The smallest absolute Gasteiger partial charge is 0.312 e. The molecule has 0 amide bonds. The summed E-state index contributed by atoms with van der Waals surface area (Å²) in [6.07, 6.45) is 12.7. The first kappa shape index (κ1) is 24.6. The number of ether oxygens (including phenoxy) is 1. The molecule has 3 heteroatoms. The van der Waals surface area contributed by atoms with Crippen molar-refractivity contribution in [2.24, 2.45) is 50.2 Å². The molecule has 4 saturated carbocycles. The molecule has 34 heavy (non-hydrogen) atoms. The summed E-state index contributed by atoms with van der Waals surface area (Å²) in [6, 6.07) is 0. The van der Waals surface area contributed by atoms with Crippen LogP contribution < -0.4 is 0 Å². The maximum absolute atomic E-state index is 13.3. The molecular formula is C31H48O3. The summed E-state index contributed by atoms with van der Waals surface area (Å²) in [6.45, 7) is 17.0. The van der Waals surface area contributed by atoms with Gasteiger partial charge in [-0.15, -0.1) is 0 Å². The minimum absolute atomic E-state index is 0.0264. The highest BCUT2D eigenvalue weighted by Crippen LogP contribution is 2.75. The molecule has 0 radical (unpaired) electrons. The third kappa shape index (κ3) is 3.00. The minimum atomic E-state index is -0.345. The Morgan fingerprint density at radius 2 is 1.59 bits per heavy atom. The lowest BCUT2D eigenvalue weighted by Crippen LogP contribution is -2.64. The minimum Gasteiger partial charge on any atom is -0.469 e. The van der Waals surface area contributed by atoms with Crippen LogP contribution in [0, 0.1) is 50.2 Å². The van der Waals surface area contributed by atoms with Crippen LogP contribution in [0.3, 0.4) is 0 Å². The van der Waals surface area contributed by atoms with E-state index in [0.29, 0.717) is 17.6 Å². The van der Waals surface area contributed by atoms with Crippen molar-refractivity contribution in [1.29, 1.82) is 0 Å². The van der Waals surface area contributed by atoms with E-state index in [1.54, 1.807) is 12.7 Å². The molecular weight excluding hydrogens is 420 g/mol. The number of fused-ring (bicyclic) bond motifs is 7. The second-order valence-corrected chi connectivity index (χ2v) is 15.2. The predicted molar refractivity (Wildman–Crippen MR) is 136 cm³/mol. The largest absolute Gasteiger partial charge is 0.469 e. The first-order valence-electron chi connectivity index (χ1n) is 14.0. The summed E-state index contributed by atoms with van der Waals surface area (Å²) in [5.41, 5.74) is 1.89. The molecule has 0 bridgehead atoms. The van der Waals surface area contributed by atoms with Crippen molar-refractivity contribution in [2.45, 2.75) is 113 Å². The number of methoxy groups -OCH3 is 1. The average molecular weight is 469 g/mol. The van der Waals surface area contributed by atoms with Gasteiger partial charge in [-0.05, 0) is 96.2 Å². The lowest BCUT2D eigenvalue weighted by Gasteiger charge is -2.70. The van der Waals surface area contributed by atoms with E-state index < -0.39 is 0 Å². The standard InChI is InChI=1S/C31H48O3/c1-26(2)13-15-31(25(33)34-8)16-14-29(6)21(22(31)19-26)9-10-24-28(5)18-20(32)17-27(3,4)23(28)11-12-30(24,29)7/h9,22-24H,10-19H2,1-8H3/t22-,23-,24+,28-,29+,30+,31-/m0/s1. The number of carbonyl (C=O) groups excluding carboxylic acids is 2. The van der Waals surface area contributed by atoms with Crippen LogP contribution >= 0.6 is 0 Å². The molecule has 0 aliphatic heterocycles. The monoisotopic (exact) mass is 468 g/mol. The van der Waals surface area contributed by atoms with Crippen LogP contribution in [0.5, 0.6) is 0 Å². The Balaban J connectivity index is 1.61. The van der Waals surface area contributed by atoms with Gasteiger partial charge in [0.25, 0.3) is 0 Å². The number of ketones is 1. The average Bonchev–Trinajstić information content (AvgIpc) is 2.72. The summed E-state index contributed by atoms with van der Waals surface area (Å²) < 4.78 is 5.48. The molecule has 0 heterocycles. The van der Waals surface area contributed by atoms with Gasteiger partial charge >= 0.3 is 5.97 Å². The van der Waals surface area contributed by atoms with E-state index in [9.17, 15) is 9.59 Å². The predicted octanol–water partition coefficient (Wildman–Crippen LogP) is 7.53. The fourth-order valence-electron chi connectivity index (χ4n) is 10.8. The fraction of sp³-hybridized carbons (Fsp3) is 0.871. The van der Waals surface area contributed by atoms with E-state index in [-0.39, 0.29) is 44.4 Å². The van der Waals surface area contributed by atoms with Gasteiger partial charge in [-0.3, -0.25) is 9.59 Å².